The molecule has 27 heavy (non-hydrogen) atoms. The van der Waals surface area contributed by atoms with E-state index in [1.54, 1.807) is 37.4 Å². The van der Waals surface area contributed by atoms with Crippen molar-refractivity contribution in [3.63, 3.8) is 0 Å². The lowest BCUT2D eigenvalue weighted by Gasteiger charge is -2.16. The number of aliphatic carboxylic acids is 1. The van der Waals surface area contributed by atoms with Crippen molar-refractivity contribution in [2.24, 2.45) is 5.92 Å². The van der Waals surface area contributed by atoms with Crippen molar-refractivity contribution in [3.05, 3.63) is 46.8 Å². The van der Waals surface area contributed by atoms with Gasteiger partial charge in [0, 0.05) is 11.6 Å². The summed E-state index contributed by atoms with van der Waals surface area (Å²) in [7, 11) is 1.57. The third kappa shape index (κ3) is 5.67. The molecule has 1 aromatic heterocycles. The number of carboxylic acid groups (broad SMARTS) is 1. The summed E-state index contributed by atoms with van der Waals surface area (Å²) in [6, 6.07) is 9.00. The number of carboxylic acids is 1. The summed E-state index contributed by atoms with van der Waals surface area (Å²) >= 11 is 0. The maximum atomic E-state index is 12.2. The summed E-state index contributed by atoms with van der Waals surface area (Å²) in [5, 5.41) is 15.9. The maximum Gasteiger partial charge on any atom is 0.326 e. The van der Waals surface area contributed by atoms with E-state index in [0.717, 1.165) is 10.2 Å². The zero-order valence-electron chi connectivity index (χ0n) is 15.5. The van der Waals surface area contributed by atoms with Gasteiger partial charge < -0.3 is 15.2 Å². The Morgan fingerprint density at radius 1 is 1.19 bits per heavy atom. The summed E-state index contributed by atoms with van der Waals surface area (Å²) in [5.74, 6) is -0.893. The summed E-state index contributed by atoms with van der Waals surface area (Å²) in [6.07, 6.45) is 0.301. The number of hydrogen-bond donors (Lipinski definition) is 2. The van der Waals surface area contributed by atoms with Crippen LogP contribution in [0.4, 0.5) is 0 Å². The van der Waals surface area contributed by atoms with Gasteiger partial charge in [0.25, 0.3) is 5.56 Å². The van der Waals surface area contributed by atoms with E-state index >= 15 is 0 Å². The number of rotatable bonds is 8. The number of nitrogens with one attached hydrogen (secondary N) is 1. The van der Waals surface area contributed by atoms with E-state index in [-0.39, 0.29) is 12.5 Å². The Bertz CT molecular complexity index is 858. The van der Waals surface area contributed by atoms with E-state index in [1.807, 2.05) is 13.8 Å². The second-order valence-electron chi connectivity index (χ2n) is 6.53. The number of nitrogens with zero attached hydrogens (tertiary/aromatic N) is 2. The summed E-state index contributed by atoms with van der Waals surface area (Å²) < 4.78 is 6.12. The van der Waals surface area contributed by atoms with Crippen molar-refractivity contribution in [2.75, 3.05) is 7.11 Å². The van der Waals surface area contributed by atoms with Gasteiger partial charge in [-0.1, -0.05) is 13.8 Å². The Balaban J connectivity index is 2.16. The van der Waals surface area contributed by atoms with Crippen LogP contribution < -0.4 is 15.6 Å². The first kappa shape index (κ1) is 20.2. The summed E-state index contributed by atoms with van der Waals surface area (Å²) in [5.41, 5.74) is 0.827. The third-order valence-corrected chi connectivity index (χ3v) is 3.89. The lowest BCUT2D eigenvalue weighted by molar-refractivity contribution is -0.142. The molecule has 0 fully saturated rings. The molecule has 2 aromatic rings. The van der Waals surface area contributed by atoms with Gasteiger partial charge in [0.1, 0.15) is 18.3 Å². The minimum atomic E-state index is -1.11. The first-order chi connectivity index (χ1) is 12.8. The number of hydrogen-bond acceptors (Lipinski definition) is 5. The molecule has 1 aromatic carbocycles. The molecule has 0 aliphatic rings. The van der Waals surface area contributed by atoms with Gasteiger partial charge in [-0.2, -0.15) is 5.10 Å². The van der Waals surface area contributed by atoms with Crippen LogP contribution in [-0.4, -0.2) is 39.9 Å². The number of carbonyl (C=O) groups is 2. The molecule has 0 saturated heterocycles. The van der Waals surface area contributed by atoms with Crippen LogP contribution in [0.1, 0.15) is 20.3 Å². The van der Waals surface area contributed by atoms with Crippen LogP contribution in [0.2, 0.25) is 0 Å². The molecule has 0 radical (unpaired) electrons. The Labute approximate surface area is 156 Å². The summed E-state index contributed by atoms with van der Waals surface area (Å²) in [6.45, 7) is 3.38. The SMILES string of the molecule is COc1ccc(-c2ccc(=O)n(CC(=O)N[C@@H](CC(C)C)C(=O)O)n2)cc1. The van der Waals surface area contributed by atoms with Crippen LogP contribution in [-0.2, 0) is 16.1 Å². The Kier molecular flexibility index (Phi) is 6.70. The van der Waals surface area contributed by atoms with Crippen molar-refractivity contribution in [2.45, 2.75) is 32.9 Å². The van der Waals surface area contributed by atoms with Crippen molar-refractivity contribution in [1.29, 1.82) is 0 Å². The minimum Gasteiger partial charge on any atom is -0.497 e. The number of aromatic nitrogens is 2. The lowest BCUT2D eigenvalue weighted by Crippen LogP contribution is -2.44. The largest absolute Gasteiger partial charge is 0.497 e. The first-order valence-corrected chi connectivity index (χ1v) is 8.55. The van der Waals surface area contributed by atoms with Crippen LogP contribution >= 0.6 is 0 Å². The molecular weight excluding hydrogens is 350 g/mol. The van der Waals surface area contributed by atoms with Crippen molar-refractivity contribution in [1.82, 2.24) is 15.1 Å². The highest BCUT2D eigenvalue weighted by atomic mass is 16.5. The average Bonchev–Trinajstić information content (AvgIpc) is 2.62. The van der Waals surface area contributed by atoms with Crippen LogP contribution in [0.3, 0.4) is 0 Å². The fourth-order valence-corrected chi connectivity index (χ4v) is 2.55. The molecule has 1 atom stereocenters. The van der Waals surface area contributed by atoms with Crippen molar-refractivity contribution >= 4 is 11.9 Å². The van der Waals surface area contributed by atoms with Crippen molar-refractivity contribution in [3.8, 4) is 17.0 Å². The predicted molar refractivity (Wildman–Crippen MR) is 99.5 cm³/mol. The van der Waals surface area contributed by atoms with E-state index in [4.69, 9.17) is 4.74 Å². The average molecular weight is 373 g/mol. The Hall–Kier alpha value is -3.16. The molecular formula is C19H23N3O5. The molecule has 1 heterocycles. The lowest BCUT2D eigenvalue weighted by atomic mass is 10.0. The fraction of sp³-hybridized carbons (Fsp3) is 0.368. The zero-order chi connectivity index (χ0) is 20.0. The van der Waals surface area contributed by atoms with E-state index in [0.29, 0.717) is 17.9 Å². The van der Waals surface area contributed by atoms with Gasteiger partial charge in [0.2, 0.25) is 5.91 Å². The predicted octanol–water partition coefficient (Wildman–Crippen LogP) is 1.53. The Morgan fingerprint density at radius 2 is 1.85 bits per heavy atom. The van der Waals surface area contributed by atoms with Gasteiger partial charge in [-0.25, -0.2) is 9.48 Å². The zero-order valence-corrected chi connectivity index (χ0v) is 15.5. The third-order valence-electron chi connectivity index (χ3n) is 3.89. The Morgan fingerprint density at radius 3 is 2.41 bits per heavy atom. The topological polar surface area (TPSA) is 111 Å². The molecule has 0 spiro atoms. The normalized spacial score (nSPS) is 11.9. The molecule has 0 aliphatic heterocycles. The smallest absolute Gasteiger partial charge is 0.326 e. The van der Waals surface area contributed by atoms with E-state index < -0.39 is 23.5 Å². The second-order valence-corrected chi connectivity index (χ2v) is 6.53. The number of carbonyl (C=O) groups excluding carboxylic acids is 1. The van der Waals surface area contributed by atoms with Gasteiger partial charge >= 0.3 is 5.97 Å². The van der Waals surface area contributed by atoms with Crippen LogP contribution in [0.15, 0.2) is 41.2 Å². The second kappa shape index (κ2) is 8.98. The van der Waals surface area contributed by atoms with Gasteiger partial charge in [0.05, 0.1) is 12.8 Å². The van der Waals surface area contributed by atoms with Crippen molar-refractivity contribution < 1.29 is 19.4 Å². The number of benzene rings is 1. The molecule has 8 heteroatoms. The molecule has 0 unspecified atom stereocenters. The molecule has 2 rings (SSSR count). The van der Waals surface area contributed by atoms with Gasteiger partial charge in [-0.05, 0) is 42.7 Å². The quantitative estimate of drug-likeness (QED) is 0.726. The highest BCUT2D eigenvalue weighted by Gasteiger charge is 2.21. The highest BCUT2D eigenvalue weighted by molar-refractivity contribution is 5.83. The molecule has 0 aliphatic carbocycles. The monoisotopic (exact) mass is 373 g/mol. The number of amides is 1. The van der Waals surface area contributed by atoms with Crippen LogP contribution in [0.25, 0.3) is 11.3 Å². The number of ether oxygens (including phenoxy) is 1. The van der Waals surface area contributed by atoms with Crippen LogP contribution in [0, 0.1) is 5.92 Å². The van der Waals surface area contributed by atoms with Crippen LogP contribution in [0.5, 0.6) is 5.75 Å². The first-order valence-electron chi connectivity index (χ1n) is 8.55. The highest BCUT2D eigenvalue weighted by Crippen LogP contribution is 2.19. The van der Waals surface area contributed by atoms with E-state index in [2.05, 4.69) is 10.4 Å². The fourth-order valence-electron chi connectivity index (χ4n) is 2.55. The molecule has 144 valence electrons. The van der Waals surface area contributed by atoms with E-state index in [9.17, 15) is 19.5 Å². The number of methoxy groups -OCH3 is 1. The standard InChI is InChI=1S/C19H23N3O5/c1-12(2)10-16(19(25)26)20-17(23)11-22-18(24)9-8-15(21-22)13-4-6-14(27-3)7-5-13/h4-9,12,16H,10-11H2,1-3H3,(H,20,23)(H,25,26)/t16-/m0/s1. The van der Waals surface area contributed by atoms with E-state index in [1.165, 1.54) is 6.07 Å². The molecule has 0 bridgehead atoms. The summed E-state index contributed by atoms with van der Waals surface area (Å²) in [4.78, 5) is 35.5. The molecule has 2 N–H and O–H groups in total. The van der Waals surface area contributed by atoms with Gasteiger partial charge in [-0.15, -0.1) is 0 Å². The van der Waals surface area contributed by atoms with Gasteiger partial charge in [0.15, 0.2) is 0 Å². The minimum absolute atomic E-state index is 0.102. The maximum absolute atomic E-state index is 12.2. The molecule has 0 saturated carbocycles. The molecule has 1 amide bonds. The molecule has 8 nitrogen and oxygen atoms in total. The van der Waals surface area contributed by atoms with Gasteiger partial charge in [-0.3, -0.25) is 9.59 Å².